The summed E-state index contributed by atoms with van der Waals surface area (Å²) in [4.78, 5) is 26.2. The quantitative estimate of drug-likeness (QED) is 0.397. The Bertz CT molecular complexity index is 1520. The lowest BCUT2D eigenvalue weighted by molar-refractivity contribution is -0.0507. The van der Waals surface area contributed by atoms with Crippen LogP contribution in [0.2, 0.25) is 0 Å². The molecule has 2 aromatic heterocycles. The third-order valence-electron chi connectivity index (χ3n) is 7.04. The van der Waals surface area contributed by atoms with Crippen LogP contribution in [0.4, 0.5) is 13.2 Å². The van der Waals surface area contributed by atoms with E-state index in [1.165, 1.54) is 30.6 Å². The van der Waals surface area contributed by atoms with Gasteiger partial charge in [0.25, 0.3) is 5.91 Å². The minimum atomic E-state index is -3.06. The molecule has 4 aromatic rings. The van der Waals surface area contributed by atoms with E-state index in [-0.39, 0.29) is 29.4 Å². The number of fused-ring (bicyclic) bond motifs is 9. The summed E-state index contributed by atoms with van der Waals surface area (Å²) in [5.41, 5.74) is 2.29. The number of rotatable bonds is 6. The first-order chi connectivity index (χ1) is 17.9. The average Bonchev–Trinajstić information content (AvgIpc) is 3.35. The molecule has 8 nitrogen and oxygen atoms in total. The third-order valence-corrected chi connectivity index (χ3v) is 7.04. The minimum Gasteiger partial charge on any atom is -0.434 e. The molecule has 4 heterocycles. The Morgan fingerprint density at radius 3 is 2.73 bits per heavy atom. The Morgan fingerprint density at radius 2 is 2.00 bits per heavy atom. The van der Waals surface area contributed by atoms with Gasteiger partial charge in [-0.15, -0.1) is 0 Å². The monoisotopic (exact) mass is 509 g/mol. The molecule has 3 atom stereocenters. The van der Waals surface area contributed by atoms with Crippen LogP contribution in [-0.2, 0) is 0 Å². The number of aromatic nitrogens is 4. The van der Waals surface area contributed by atoms with Crippen molar-refractivity contribution in [3.63, 3.8) is 0 Å². The highest BCUT2D eigenvalue weighted by molar-refractivity contribution is 5.98. The molecular weight excluding hydrogens is 487 g/mol. The second-order valence-corrected chi connectivity index (χ2v) is 9.28. The Morgan fingerprint density at radius 1 is 1.22 bits per heavy atom. The van der Waals surface area contributed by atoms with Gasteiger partial charge in [0.2, 0.25) is 0 Å². The molecule has 0 spiro atoms. The Labute approximate surface area is 209 Å². The number of carbonyl (C=O) groups excluding carboxylic acids is 1. The Kier molecular flexibility index (Phi) is 5.59. The number of benzene rings is 2. The lowest BCUT2D eigenvalue weighted by atomic mass is 9.97. The zero-order chi connectivity index (χ0) is 25.8. The summed E-state index contributed by atoms with van der Waals surface area (Å²) in [6.45, 7) is -1.14. The SMILES string of the molecule is C[C@H](CCO)c1ncc(-c2cc3c(cc2F)nc2n3[C@@H]3C[C@H]2NC(=O)c2cccc(OC(F)F)c23)cn1. The van der Waals surface area contributed by atoms with Crippen molar-refractivity contribution in [1.29, 1.82) is 0 Å². The van der Waals surface area contributed by atoms with Crippen LogP contribution in [0, 0.1) is 5.82 Å². The fourth-order valence-electron chi connectivity index (χ4n) is 5.31. The second kappa shape index (κ2) is 8.84. The van der Waals surface area contributed by atoms with E-state index in [2.05, 4.69) is 20.3 Å². The molecule has 0 saturated heterocycles. The number of nitrogens with zero attached hydrogens (tertiary/aromatic N) is 4. The first-order valence-electron chi connectivity index (χ1n) is 11.9. The van der Waals surface area contributed by atoms with Gasteiger partial charge in [0.05, 0.1) is 23.1 Å². The maximum absolute atomic E-state index is 15.2. The van der Waals surface area contributed by atoms with Gasteiger partial charge in [-0.05, 0) is 31.0 Å². The number of imidazole rings is 1. The molecule has 190 valence electrons. The summed E-state index contributed by atoms with van der Waals surface area (Å²) in [5, 5.41) is 12.1. The molecule has 0 fully saturated rings. The molecule has 2 aliphatic heterocycles. The minimum absolute atomic E-state index is 0.0136. The molecule has 2 bridgehead atoms. The van der Waals surface area contributed by atoms with E-state index in [1.54, 1.807) is 12.1 Å². The topological polar surface area (TPSA) is 102 Å². The van der Waals surface area contributed by atoms with Crippen LogP contribution in [0.15, 0.2) is 42.7 Å². The van der Waals surface area contributed by atoms with E-state index >= 15 is 4.39 Å². The van der Waals surface area contributed by atoms with Crippen LogP contribution in [-0.4, -0.2) is 43.8 Å². The summed E-state index contributed by atoms with van der Waals surface area (Å²) < 4.78 is 48.3. The zero-order valence-corrected chi connectivity index (χ0v) is 19.7. The number of nitrogens with one attached hydrogen (secondary N) is 1. The van der Waals surface area contributed by atoms with Crippen LogP contribution < -0.4 is 10.1 Å². The number of ether oxygens (including phenoxy) is 1. The fraction of sp³-hybridized carbons (Fsp3) is 0.308. The maximum Gasteiger partial charge on any atom is 0.387 e. The standard InChI is InChI=1S/C26H22F3N5O3/c1-12(5-6-35)23-30-10-13(11-31-23)15-7-19-17(8-16(15)27)32-24-18-9-20(34(19)24)22-14(25(36)33-18)3-2-4-21(22)37-26(28)29/h2-4,7-8,10-12,18,20,26,35H,5-6,9H2,1H3,(H,33,36)/t12-,18-,20-/m1/s1. The van der Waals surface area contributed by atoms with Crippen molar-refractivity contribution in [2.45, 2.75) is 44.4 Å². The summed E-state index contributed by atoms with van der Waals surface area (Å²) in [7, 11) is 0. The first-order valence-corrected chi connectivity index (χ1v) is 11.9. The molecule has 0 unspecified atom stereocenters. The van der Waals surface area contributed by atoms with E-state index in [0.717, 1.165) is 0 Å². The average molecular weight is 509 g/mol. The molecule has 0 radical (unpaired) electrons. The van der Waals surface area contributed by atoms with Crippen molar-refractivity contribution in [1.82, 2.24) is 24.8 Å². The number of aliphatic hydroxyl groups excluding tert-OH is 1. The van der Waals surface area contributed by atoms with Crippen LogP contribution >= 0.6 is 0 Å². The third kappa shape index (κ3) is 3.81. The number of hydrogen-bond acceptors (Lipinski definition) is 6. The molecule has 37 heavy (non-hydrogen) atoms. The Balaban J connectivity index is 1.49. The highest BCUT2D eigenvalue weighted by Crippen LogP contribution is 2.47. The van der Waals surface area contributed by atoms with Crippen molar-refractivity contribution >= 4 is 16.9 Å². The predicted molar refractivity (Wildman–Crippen MR) is 127 cm³/mol. The van der Waals surface area contributed by atoms with Gasteiger partial charge < -0.3 is 19.7 Å². The number of hydrogen-bond donors (Lipinski definition) is 2. The number of aliphatic hydroxyl groups is 1. The van der Waals surface area contributed by atoms with Gasteiger partial charge in [0, 0.05) is 53.2 Å². The van der Waals surface area contributed by atoms with E-state index in [0.29, 0.717) is 46.7 Å². The highest BCUT2D eigenvalue weighted by atomic mass is 19.3. The molecule has 2 aliphatic rings. The molecule has 6 rings (SSSR count). The van der Waals surface area contributed by atoms with Gasteiger partial charge >= 0.3 is 6.61 Å². The fourth-order valence-corrected chi connectivity index (χ4v) is 5.31. The van der Waals surface area contributed by atoms with Gasteiger partial charge in [-0.2, -0.15) is 8.78 Å². The van der Waals surface area contributed by atoms with Crippen molar-refractivity contribution < 1.29 is 27.8 Å². The molecule has 2 N–H and O–H groups in total. The number of amides is 1. The van der Waals surface area contributed by atoms with E-state index in [4.69, 9.17) is 9.84 Å². The molecule has 2 aromatic carbocycles. The molecule has 0 aliphatic carbocycles. The van der Waals surface area contributed by atoms with Crippen molar-refractivity contribution in [2.24, 2.45) is 0 Å². The van der Waals surface area contributed by atoms with Crippen LogP contribution in [0.3, 0.4) is 0 Å². The molecule has 1 amide bonds. The van der Waals surface area contributed by atoms with Gasteiger partial charge in [-0.1, -0.05) is 13.0 Å². The lowest BCUT2D eigenvalue weighted by Crippen LogP contribution is -2.28. The van der Waals surface area contributed by atoms with Crippen molar-refractivity contribution in [2.75, 3.05) is 6.61 Å². The van der Waals surface area contributed by atoms with Crippen molar-refractivity contribution in [3.05, 3.63) is 71.3 Å². The van der Waals surface area contributed by atoms with Gasteiger partial charge in [-0.25, -0.2) is 19.3 Å². The molecule has 0 saturated carbocycles. The molecular formula is C26H22F3N5O3. The summed E-state index contributed by atoms with van der Waals surface area (Å²) in [6, 6.07) is 6.45. The Hall–Kier alpha value is -3.99. The molecule has 11 heteroatoms. The maximum atomic E-state index is 15.2. The number of carbonyl (C=O) groups is 1. The number of halogens is 3. The lowest BCUT2D eigenvalue weighted by Gasteiger charge is -2.21. The van der Waals surface area contributed by atoms with E-state index < -0.39 is 30.4 Å². The van der Waals surface area contributed by atoms with Crippen molar-refractivity contribution in [3.8, 4) is 16.9 Å². The smallest absolute Gasteiger partial charge is 0.387 e. The van der Waals surface area contributed by atoms with E-state index in [1.807, 2.05) is 11.5 Å². The predicted octanol–water partition coefficient (Wildman–Crippen LogP) is 4.50. The normalized spacial score (nSPS) is 18.9. The summed E-state index contributed by atoms with van der Waals surface area (Å²) in [6.07, 6.45) is 3.98. The van der Waals surface area contributed by atoms with Crippen LogP contribution in [0.5, 0.6) is 5.75 Å². The summed E-state index contributed by atoms with van der Waals surface area (Å²) >= 11 is 0. The highest BCUT2D eigenvalue weighted by Gasteiger charge is 2.42. The zero-order valence-electron chi connectivity index (χ0n) is 19.7. The second-order valence-electron chi connectivity index (χ2n) is 9.28. The first kappa shape index (κ1) is 23.4. The van der Waals surface area contributed by atoms with Gasteiger partial charge in [0.1, 0.15) is 23.2 Å². The van der Waals surface area contributed by atoms with Gasteiger partial charge in [0.15, 0.2) is 0 Å². The van der Waals surface area contributed by atoms with Crippen LogP contribution in [0.1, 0.15) is 65.3 Å². The largest absolute Gasteiger partial charge is 0.434 e. The van der Waals surface area contributed by atoms with Crippen LogP contribution in [0.25, 0.3) is 22.2 Å². The van der Waals surface area contributed by atoms with Gasteiger partial charge in [-0.3, -0.25) is 4.79 Å². The summed E-state index contributed by atoms with van der Waals surface area (Å²) in [5.74, 6) is 0.0255. The number of alkyl halides is 2. The van der Waals surface area contributed by atoms with E-state index in [9.17, 15) is 13.6 Å².